The predicted octanol–water partition coefficient (Wildman–Crippen LogP) is 2.11. The van der Waals surface area contributed by atoms with Crippen LogP contribution < -0.4 is 10.9 Å². The van der Waals surface area contributed by atoms with Crippen LogP contribution in [0.3, 0.4) is 0 Å². The van der Waals surface area contributed by atoms with E-state index in [9.17, 15) is 9.59 Å². The minimum absolute atomic E-state index is 0.0173. The van der Waals surface area contributed by atoms with Crippen LogP contribution in [-0.2, 0) is 17.8 Å². The van der Waals surface area contributed by atoms with Crippen molar-refractivity contribution in [3.05, 3.63) is 51.1 Å². The number of anilines is 1. The molecule has 7 nitrogen and oxygen atoms in total. The lowest BCUT2D eigenvalue weighted by Gasteiger charge is -2.16. The van der Waals surface area contributed by atoms with Gasteiger partial charge in [0.25, 0.3) is 5.56 Å². The lowest BCUT2D eigenvalue weighted by Crippen LogP contribution is -2.29. The molecule has 3 rings (SSSR count). The van der Waals surface area contributed by atoms with Crippen LogP contribution >= 0.6 is 15.9 Å². The molecule has 0 saturated carbocycles. The highest BCUT2D eigenvalue weighted by Gasteiger charge is 2.13. The Morgan fingerprint density at radius 3 is 2.70 bits per heavy atom. The monoisotopic (exact) mass is 433 g/mol. The zero-order valence-electron chi connectivity index (χ0n) is 15.2. The van der Waals surface area contributed by atoms with Gasteiger partial charge in [-0.25, -0.2) is 4.68 Å². The number of nitrogens with one attached hydrogen (secondary N) is 1. The van der Waals surface area contributed by atoms with Gasteiger partial charge in [0.05, 0.1) is 11.9 Å². The Bertz CT molecular complexity index is 819. The van der Waals surface area contributed by atoms with Crippen molar-refractivity contribution in [2.24, 2.45) is 0 Å². The van der Waals surface area contributed by atoms with Crippen LogP contribution in [0.1, 0.15) is 24.8 Å². The highest BCUT2D eigenvalue weighted by Crippen LogP contribution is 2.16. The molecule has 0 aliphatic carbocycles. The van der Waals surface area contributed by atoms with Crippen molar-refractivity contribution in [1.29, 1.82) is 0 Å². The molecule has 1 aliphatic heterocycles. The van der Waals surface area contributed by atoms with Crippen molar-refractivity contribution in [3.63, 3.8) is 0 Å². The van der Waals surface area contributed by atoms with E-state index in [1.165, 1.54) is 17.5 Å². The number of hydrogen-bond acceptors (Lipinski definition) is 6. The lowest BCUT2D eigenvalue weighted by molar-refractivity contribution is -0.119. The third-order valence-corrected chi connectivity index (χ3v) is 5.46. The number of nitrogens with zero attached hydrogens (tertiary/aromatic N) is 4. The number of aryl methyl sites for hydroxylation is 1. The first-order chi connectivity index (χ1) is 13.1. The molecular weight excluding hydrogens is 410 g/mol. The molecule has 8 heteroatoms. The average molecular weight is 434 g/mol. The zero-order chi connectivity index (χ0) is 19.1. The summed E-state index contributed by atoms with van der Waals surface area (Å²) in [5.41, 5.74) is 1.43. The fourth-order valence-electron chi connectivity index (χ4n) is 3.14. The van der Waals surface area contributed by atoms with Crippen LogP contribution in [0.4, 0.5) is 5.69 Å². The minimum Gasteiger partial charge on any atom is -0.381 e. The number of likely N-dealkylation sites (tertiary alicyclic amines) is 1. The maximum absolute atomic E-state index is 12.5. The standard InChI is InChI=1S/C19H24BrN5O2/c20-18-17(22-9-12-24-10-1-2-11-24)13-23-25(19(18)27)14-16(26)4-3-15-5-7-21-8-6-15/h5-8,13,22H,1-4,9-12,14H2. The summed E-state index contributed by atoms with van der Waals surface area (Å²) in [4.78, 5) is 31.0. The molecule has 0 atom stereocenters. The second-order valence-electron chi connectivity index (χ2n) is 6.70. The van der Waals surface area contributed by atoms with E-state index in [4.69, 9.17) is 0 Å². The van der Waals surface area contributed by atoms with Gasteiger partial charge in [0.15, 0.2) is 5.78 Å². The van der Waals surface area contributed by atoms with Crippen molar-refractivity contribution < 1.29 is 4.79 Å². The number of pyridine rings is 1. The van der Waals surface area contributed by atoms with Crippen molar-refractivity contribution in [2.75, 3.05) is 31.5 Å². The van der Waals surface area contributed by atoms with Crippen LogP contribution in [0.25, 0.3) is 0 Å². The fourth-order valence-corrected chi connectivity index (χ4v) is 3.58. The van der Waals surface area contributed by atoms with Gasteiger partial charge in [-0.05, 0) is 66.0 Å². The summed E-state index contributed by atoms with van der Waals surface area (Å²) in [7, 11) is 0. The molecule has 0 bridgehead atoms. The molecule has 2 aromatic heterocycles. The largest absolute Gasteiger partial charge is 0.381 e. The lowest BCUT2D eigenvalue weighted by atomic mass is 10.1. The number of Topliss-reactive ketones (excluding diaryl/α,β-unsaturated/α-hetero) is 1. The normalized spacial score (nSPS) is 14.4. The number of carbonyl (C=O) groups excluding carboxylic acids is 1. The quantitative estimate of drug-likeness (QED) is 0.652. The molecule has 1 N–H and O–H groups in total. The first-order valence-electron chi connectivity index (χ1n) is 9.26. The fraction of sp³-hybridized carbons (Fsp3) is 0.474. The number of ketones is 1. The molecule has 144 valence electrons. The number of hydrogen-bond donors (Lipinski definition) is 1. The topological polar surface area (TPSA) is 80.1 Å². The highest BCUT2D eigenvalue weighted by atomic mass is 79.9. The van der Waals surface area contributed by atoms with Gasteiger partial charge in [0.1, 0.15) is 11.0 Å². The molecule has 2 aromatic rings. The summed E-state index contributed by atoms with van der Waals surface area (Å²) in [6, 6.07) is 3.77. The third-order valence-electron chi connectivity index (χ3n) is 4.70. The Balaban J connectivity index is 1.52. The summed E-state index contributed by atoms with van der Waals surface area (Å²) in [6.45, 7) is 3.97. The molecule has 0 spiro atoms. The number of carbonyl (C=O) groups is 1. The van der Waals surface area contributed by atoms with Gasteiger partial charge in [-0.15, -0.1) is 0 Å². The van der Waals surface area contributed by atoms with Crippen LogP contribution in [0, 0.1) is 0 Å². The molecule has 0 radical (unpaired) electrons. The van der Waals surface area contributed by atoms with E-state index in [2.05, 4.69) is 36.2 Å². The number of aromatic nitrogens is 3. The van der Waals surface area contributed by atoms with E-state index in [1.807, 2.05) is 12.1 Å². The Hall–Kier alpha value is -2.06. The summed E-state index contributed by atoms with van der Waals surface area (Å²) in [6.07, 6.45) is 8.54. The van der Waals surface area contributed by atoms with Crippen LogP contribution in [0.15, 0.2) is 40.0 Å². The third kappa shape index (κ3) is 5.71. The molecule has 1 fully saturated rings. The van der Waals surface area contributed by atoms with Crippen LogP contribution in [0.5, 0.6) is 0 Å². The van der Waals surface area contributed by atoms with Gasteiger partial charge in [0, 0.05) is 31.9 Å². The van der Waals surface area contributed by atoms with Gasteiger partial charge in [-0.3, -0.25) is 14.6 Å². The second kappa shape index (κ2) is 9.75. The summed E-state index contributed by atoms with van der Waals surface area (Å²) in [5.74, 6) is -0.0249. The van der Waals surface area contributed by atoms with E-state index in [1.54, 1.807) is 18.6 Å². The van der Waals surface area contributed by atoms with Crippen molar-refractivity contribution in [3.8, 4) is 0 Å². The number of halogens is 1. The predicted molar refractivity (Wildman–Crippen MR) is 108 cm³/mol. The van der Waals surface area contributed by atoms with Gasteiger partial charge in [-0.1, -0.05) is 0 Å². The SMILES string of the molecule is O=C(CCc1ccncc1)Cn1ncc(NCCN2CCCC2)c(Br)c1=O. The van der Waals surface area contributed by atoms with Crippen molar-refractivity contribution >= 4 is 27.4 Å². The van der Waals surface area contributed by atoms with E-state index in [0.29, 0.717) is 23.0 Å². The van der Waals surface area contributed by atoms with E-state index < -0.39 is 0 Å². The first kappa shape index (κ1) is 19.7. The zero-order valence-corrected chi connectivity index (χ0v) is 16.8. The maximum Gasteiger partial charge on any atom is 0.283 e. The number of rotatable bonds is 9. The Morgan fingerprint density at radius 1 is 1.22 bits per heavy atom. The molecule has 0 amide bonds. The molecule has 3 heterocycles. The summed E-state index contributed by atoms with van der Waals surface area (Å²) in [5, 5.41) is 7.40. The smallest absolute Gasteiger partial charge is 0.283 e. The van der Waals surface area contributed by atoms with Gasteiger partial charge in [0.2, 0.25) is 0 Å². The summed E-state index contributed by atoms with van der Waals surface area (Å²) < 4.78 is 1.63. The summed E-state index contributed by atoms with van der Waals surface area (Å²) >= 11 is 3.34. The van der Waals surface area contributed by atoms with E-state index in [-0.39, 0.29) is 17.9 Å². The Morgan fingerprint density at radius 2 is 1.96 bits per heavy atom. The minimum atomic E-state index is -0.293. The Labute approximate surface area is 166 Å². The second-order valence-corrected chi connectivity index (χ2v) is 7.50. The van der Waals surface area contributed by atoms with Gasteiger partial charge < -0.3 is 10.2 Å². The van der Waals surface area contributed by atoms with Crippen LogP contribution in [-0.4, -0.2) is 51.6 Å². The molecule has 0 unspecified atom stereocenters. The molecule has 1 aliphatic rings. The van der Waals surface area contributed by atoms with E-state index >= 15 is 0 Å². The highest BCUT2D eigenvalue weighted by molar-refractivity contribution is 9.10. The average Bonchev–Trinajstić information content (AvgIpc) is 3.20. The van der Waals surface area contributed by atoms with E-state index in [0.717, 1.165) is 31.7 Å². The van der Waals surface area contributed by atoms with Crippen molar-refractivity contribution in [1.82, 2.24) is 19.7 Å². The van der Waals surface area contributed by atoms with Crippen LogP contribution in [0.2, 0.25) is 0 Å². The molecular formula is C19H24BrN5O2. The molecule has 0 aromatic carbocycles. The Kier molecular flexibility index (Phi) is 7.11. The first-order valence-corrected chi connectivity index (χ1v) is 10.1. The maximum atomic E-state index is 12.5. The molecule has 1 saturated heterocycles. The van der Waals surface area contributed by atoms with Crippen molar-refractivity contribution in [2.45, 2.75) is 32.2 Å². The van der Waals surface area contributed by atoms with Gasteiger partial charge in [-0.2, -0.15) is 5.10 Å². The van der Waals surface area contributed by atoms with Gasteiger partial charge >= 0.3 is 0 Å². The molecule has 27 heavy (non-hydrogen) atoms.